The van der Waals surface area contributed by atoms with Crippen LogP contribution in [0.4, 0.5) is 10.3 Å². The Labute approximate surface area is 237 Å². The first-order valence-corrected chi connectivity index (χ1v) is 14.8. The summed E-state index contributed by atoms with van der Waals surface area (Å²) in [6, 6.07) is 18.4. The number of carbonyl (C=O) groups excluding carboxylic acids is 3. The maximum atomic E-state index is 12.7. The monoisotopic (exact) mass is 582 g/mol. The molecular weight excluding hydrogens is 557 g/mol. The summed E-state index contributed by atoms with van der Waals surface area (Å²) in [5.74, 6) is 0.513. The van der Waals surface area contributed by atoms with E-state index in [-0.39, 0.29) is 5.91 Å². The number of nitrogens with zero attached hydrogens (tertiary/aromatic N) is 4. The van der Waals surface area contributed by atoms with Crippen LogP contribution in [0.1, 0.15) is 34.2 Å². The number of benzene rings is 2. The maximum absolute atomic E-state index is 12.7. The van der Waals surface area contributed by atoms with Crippen molar-refractivity contribution in [3.63, 3.8) is 0 Å². The summed E-state index contributed by atoms with van der Waals surface area (Å²) in [7, 11) is 0. The van der Waals surface area contributed by atoms with Gasteiger partial charge in [0, 0.05) is 25.3 Å². The topological polar surface area (TPSA) is 136 Å². The van der Waals surface area contributed by atoms with Gasteiger partial charge in [0.05, 0.1) is 6.42 Å². The molecule has 0 fully saturated rings. The Bertz CT molecular complexity index is 1380. The van der Waals surface area contributed by atoms with Crippen LogP contribution in [-0.2, 0) is 38.4 Å². The van der Waals surface area contributed by atoms with Crippen molar-refractivity contribution < 1.29 is 19.1 Å². The average molecular weight is 583 g/mol. The van der Waals surface area contributed by atoms with Gasteiger partial charge in [-0.3, -0.25) is 19.7 Å². The highest BCUT2D eigenvalue weighted by atomic mass is 32.2. The van der Waals surface area contributed by atoms with E-state index in [1.165, 1.54) is 29.6 Å². The Morgan fingerprint density at radius 3 is 1.97 bits per heavy atom. The lowest BCUT2D eigenvalue weighted by Gasteiger charge is -2.15. The maximum Gasteiger partial charge on any atom is 0.303 e. The van der Waals surface area contributed by atoms with Crippen LogP contribution in [0.25, 0.3) is 0 Å². The molecule has 4 rings (SSSR count). The van der Waals surface area contributed by atoms with Crippen molar-refractivity contribution in [1.29, 1.82) is 0 Å². The first-order valence-electron chi connectivity index (χ1n) is 12.1. The lowest BCUT2D eigenvalue weighted by molar-refractivity contribution is -0.152. The number of rotatable bonds is 13. The largest absolute Gasteiger partial charge is 0.447 e. The number of amides is 2. The molecule has 4 aromatic rings. The Hall–Kier alpha value is -3.68. The molecule has 202 valence electrons. The van der Waals surface area contributed by atoms with Gasteiger partial charge in [-0.2, -0.15) is 11.8 Å². The summed E-state index contributed by atoms with van der Waals surface area (Å²) in [6.07, 6.45) is 0.666. The van der Waals surface area contributed by atoms with E-state index in [0.717, 1.165) is 33.5 Å². The van der Waals surface area contributed by atoms with Gasteiger partial charge in [-0.25, -0.2) is 0 Å². The normalized spacial score (nSPS) is 11.5. The van der Waals surface area contributed by atoms with Crippen LogP contribution in [0.2, 0.25) is 0 Å². The van der Waals surface area contributed by atoms with Gasteiger partial charge < -0.3 is 10.1 Å². The van der Waals surface area contributed by atoms with Gasteiger partial charge >= 0.3 is 5.97 Å². The number of aromatic nitrogens is 4. The molecule has 0 saturated heterocycles. The van der Waals surface area contributed by atoms with Gasteiger partial charge in [-0.1, -0.05) is 83.3 Å². The third kappa shape index (κ3) is 9.23. The molecule has 39 heavy (non-hydrogen) atoms. The van der Waals surface area contributed by atoms with E-state index in [1.54, 1.807) is 36.0 Å². The highest BCUT2D eigenvalue weighted by Crippen LogP contribution is 2.23. The molecule has 0 bridgehead atoms. The van der Waals surface area contributed by atoms with Gasteiger partial charge in [-0.15, -0.1) is 20.4 Å². The molecule has 0 saturated carbocycles. The zero-order chi connectivity index (χ0) is 27.5. The molecule has 0 aliphatic heterocycles. The summed E-state index contributed by atoms with van der Waals surface area (Å²) < 4.78 is 5.22. The number of nitrogens with one attached hydrogen (secondary N) is 2. The van der Waals surface area contributed by atoms with Crippen molar-refractivity contribution in [3.8, 4) is 0 Å². The van der Waals surface area contributed by atoms with Crippen LogP contribution in [-0.4, -0.2) is 49.7 Å². The number of aryl methyl sites for hydroxylation is 2. The molecule has 10 nitrogen and oxygen atoms in total. The van der Waals surface area contributed by atoms with Crippen molar-refractivity contribution in [2.24, 2.45) is 0 Å². The van der Waals surface area contributed by atoms with Crippen molar-refractivity contribution in [2.45, 2.75) is 32.3 Å². The fourth-order valence-electron chi connectivity index (χ4n) is 3.41. The lowest BCUT2D eigenvalue weighted by atomic mass is 10.1. The summed E-state index contributed by atoms with van der Waals surface area (Å²) in [4.78, 5) is 36.4. The molecular formula is C26H26N6O4S3. The van der Waals surface area contributed by atoms with Gasteiger partial charge in [0.1, 0.15) is 10.0 Å². The van der Waals surface area contributed by atoms with Crippen LogP contribution in [0.3, 0.4) is 0 Å². The van der Waals surface area contributed by atoms with Crippen molar-refractivity contribution >= 4 is 62.5 Å². The number of thioether (sulfide) groups is 1. The molecule has 0 aliphatic rings. The predicted molar refractivity (Wildman–Crippen MR) is 153 cm³/mol. The van der Waals surface area contributed by atoms with Gasteiger partial charge in [0.25, 0.3) is 5.91 Å². The third-order valence-electron chi connectivity index (χ3n) is 5.16. The minimum Gasteiger partial charge on any atom is -0.447 e. The smallest absolute Gasteiger partial charge is 0.303 e. The lowest BCUT2D eigenvalue weighted by Crippen LogP contribution is -2.25. The Balaban J connectivity index is 1.16. The number of ether oxygens (including phenoxy) is 1. The van der Waals surface area contributed by atoms with Crippen molar-refractivity contribution in [2.75, 3.05) is 22.1 Å². The molecule has 2 N–H and O–H groups in total. The number of esters is 1. The van der Waals surface area contributed by atoms with Crippen LogP contribution < -0.4 is 10.6 Å². The van der Waals surface area contributed by atoms with E-state index in [2.05, 4.69) is 31.0 Å². The Morgan fingerprint density at radius 2 is 1.38 bits per heavy atom. The van der Waals surface area contributed by atoms with E-state index >= 15 is 0 Å². The third-order valence-corrected chi connectivity index (χ3v) is 7.95. The molecule has 0 spiro atoms. The molecule has 2 aromatic carbocycles. The minimum atomic E-state index is -1.07. The SMILES string of the molecule is CC(=O)OC(C(=O)Nc1nnc(CCSCCc2nnc(NC(=O)Cc3ccccc3)s2)s1)c1ccccc1. The van der Waals surface area contributed by atoms with Crippen LogP contribution in [0.15, 0.2) is 60.7 Å². The second-order valence-electron chi connectivity index (χ2n) is 8.21. The fourth-order valence-corrected chi connectivity index (χ4v) is 6.05. The van der Waals surface area contributed by atoms with E-state index in [9.17, 15) is 14.4 Å². The Kier molecular flexibility index (Phi) is 10.5. The van der Waals surface area contributed by atoms with Crippen LogP contribution >= 0.6 is 34.4 Å². The molecule has 0 aliphatic carbocycles. The molecule has 1 atom stereocenters. The zero-order valence-corrected chi connectivity index (χ0v) is 23.5. The second kappa shape index (κ2) is 14.5. The second-order valence-corrected chi connectivity index (χ2v) is 11.6. The highest BCUT2D eigenvalue weighted by Gasteiger charge is 2.25. The zero-order valence-electron chi connectivity index (χ0n) is 21.0. The predicted octanol–water partition coefficient (Wildman–Crippen LogP) is 4.33. The van der Waals surface area contributed by atoms with Gasteiger partial charge in [0.2, 0.25) is 22.3 Å². The first-order chi connectivity index (χ1) is 19.0. The number of hydrogen-bond acceptors (Lipinski definition) is 11. The standard InChI is InChI=1S/C26H26N6O4S3/c1-17(33)36-23(19-10-6-3-7-11-19)24(35)28-26-32-30-22(39-26)13-15-37-14-12-21-29-31-25(38-21)27-20(34)16-18-8-4-2-5-9-18/h2-11,23H,12-16H2,1H3,(H,27,31,34)(H,28,32,35). The molecule has 1 unspecified atom stereocenters. The number of carbonyl (C=O) groups is 3. The van der Waals surface area contributed by atoms with E-state index in [1.807, 2.05) is 36.4 Å². The van der Waals surface area contributed by atoms with E-state index in [4.69, 9.17) is 4.74 Å². The van der Waals surface area contributed by atoms with E-state index < -0.39 is 18.0 Å². The number of hydrogen-bond donors (Lipinski definition) is 2. The summed E-state index contributed by atoms with van der Waals surface area (Å²) in [5, 5.41) is 24.4. The molecule has 13 heteroatoms. The molecule has 0 radical (unpaired) electrons. The number of anilines is 2. The fraction of sp³-hybridized carbons (Fsp3) is 0.269. The Morgan fingerprint density at radius 1 is 0.821 bits per heavy atom. The molecule has 2 aromatic heterocycles. The van der Waals surface area contributed by atoms with Gasteiger partial charge in [-0.05, 0) is 17.1 Å². The summed E-state index contributed by atoms with van der Waals surface area (Å²) in [5.41, 5.74) is 1.52. The molecule has 2 amide bonds. The summed E-state index contributed by atoms with van der Waals surface area (Å²) >= 11 is 4.41. The van der Waals surface area contributed by atoms with Crippen LogP contribution in [0, 0.1) is 0 Å². The van der Waals surface area contributed by atoms with Crippen molar-refractivity contribution in [3.05, 3.63) is 81.8 Å². The highest BCUT2D eigenvalue weighted by molar-refractivity contribution is 7.99. The van der Waals surface area contributed by atoms with Crippen molar-refractivity contribution in [1.82, 2.24) is 20.4 Å². The summed E-state index contributed by atoms with van der Waals surface area (Å²) in [6.45, 7) is 1.26. The average Bonchev–Trinajstić information content (AvgIpc) is 3.57. The molecule has 2 heterocycles. The van der Waals surface area contributed by atoms with Gasteiger partial charge in [0.15, 0.2) is 0 Å². The van der Waals surface area contributed by atoms with Crippen LogP contribution in [0.5, 0.6) is 0 Å². The van der Waals surface area contributed by atoms with E-state index in [0.29, 0.717) is 28.7 Å². The first kappa shape index (κ1) is 28.3. The minimum absolute atomic E-state index is 0.118. The quantitative estimate of drug-likeness (QED) is 0.174.